The molecule has 0 radical (unpaired) electrons. The quantitative estimate of drug-likeness (QED) is 0.241. The first-order valence-electron chi connectivity index (χ1n) is 3.69. The Hall–Kier alpha value is -0.280. The van der Waals surface area contributed by atoms with Gasteiger partial charge in [-0.1, -0.05) is 0 Å². The molecule has 0 aromatic heterocycles. The Bertz CT molecular complexity index is 134. The zero-order valence-electron chi connectivity index (χ0n) is 6.95. The highest BCUT2D eigenvalue weighted by Gasteiger charge is 2.29. The van der Waals surface area contributed by atoms with Crippen molar-refractivity contribution >= 4 is 0 Å². The minimum absolute atomic E-state index is 0.379. The lowest BCUT2D eigenvalue weighted by atomic mass is 10.0. The van der Waals surface area contributed by atoms with Gasteiger partial charge in [-0.3, -0.25) is 0 Å². The van der Waals surface area contributed by atoms with Gasteiger partial charge < -0.3 is 30.4 Å². The number of aliphatic hydroxyl groups excluding tert-OH is 5. The fourth-order valence-electron chi connectivity index (χ4n) is 0.760. The number of hydrogen-bond acceptors (Lipinski definition) is 7. The molecule has 0 aromatic rings. The zero-order valence-corrected chi connectivity index (χ0v) is 6.95. The summed E-state index contributed by atoms with van der Waals surface area (Å²) in [5.41, 5.74) is 0. The van der Waals surface area contributed by atoms with E-state index in [4.69, 9.17) is 25.5 Å². The molecular weight excluding hydrogens is 182 g/mol. The van der Waals surface area contributed by atoms with E-state index >= 15 is 0 Å². The van der Waals surface area contributed by atoms with E-state index in [0.717, 1.165) is 0 Å². The monoisotopic (exact) mass is 197 g/mol. The molecular formula is C6H15NO6. The second kappa shape index (κ2) is 6.22. The summed E-state index contributed by atoms with van der Waals surface area (Å²) < 4.78 is 0. The molecule has 0 bridgehead atoms. The molecule has 4 atom stereocenters. The van der Waals surface area contributed by atoms with Crippen LogP contribution in [0.1, 0.15) is 0 Å². The van der Waals surface area contributed by atoms with E-state index in [-0.39, 0.29) is 6.61 Å². The molecule has 0 aliphatic carbocycles. The third-order valence-electron chi connectivity index (χ3n) is 1.59. The van der Waals surface area contributed by atoms with Gasteiger partial charge >= 0.3 is 0 Å². The van der Waals surface area contributed by atoms with Crippen LogP contribution >= 0.6 is 0 Å². The molecule has 0 unspecified atom stereocenters. The Balaban J connectivity index is 3.99. The van der Waals surface area contributed by atoms with Crippen LogP contribution < -0.4 is 5.90 Å². The summed E-state index contributed by atoms with van der Waals surface area (Å²) in [5.74, 6) is 4.61. The molecule has 0 aliphatic heterocycles. The third kappa shape index (κ3) is 3.96. The molecule has 7 nitrogen and oxygen atoms in total. The van der Waals surface area contributed by atoms with Crippen molar-refractivity contribution < 1.29 is 30.4 Å². The zero-order chi connectivity index (χ0) is 10.4. The van der Waals surface area contributed by atoms with E-state index in [1.165, 1.54) is 0 Å². The Morgan fingerprint density at radius 3 is 1.85 bits per heavy atom. The van der Waals surface area contributed by atoms with Crippen molar-refractivity contribution in [2.75, 3.05) is 13.2 Å². The summed E-state index contributed by atoms with van der Waals surface area (Å²) >= 11 is 0. The molecule has 0 fully saturated rings. The molecule has 80 valence electrons. The van der Waals surface area contributed by atoms with Crippen molar-refractivity contribution in [2.45, 2.75) is 24.4 Å². The van der Waals surface area contributed by atoms with Crippen LogP contribution in [0, 0.1) is 0 Å². The lowest BCUT2D eigenvalue weighted by Gasteiger charge is -2.24. The van der Waals surface area contributed by atoms with Crippen molar-refractivity contribution in [3.63, 3.8) is 0 Å². The Kier molecular flexibility index (Phi) is 6.08. The van der Waals surface area contributed by atoms with Crippen molar-refractivity contribution in [2.24, 2.45) is 5.90 Å². The van der Waals surface area contributed by atoms with Crippen molar-refractivity contribution in [3.8, 4) is 0 Å². The molecule has 7 heteroatoms. The SMILES string of the molecule is NOC[C@@H](O)[C@@H](O)[C@H](O)[C@H](O)CO. The molecule has 0 spiro atoms. The highest BCUT2D eigenvalue weighted by Crippen LogP contribution is 2.04. The number of rotatable bonds is 6. The maximum atomic E-state index is 9.11. The van der Waals surface area contributed by atoms with E-state index in [2.05, 4.69) is 10.7 Å². The van der Waals surface area contributed by atoms with E-state index in [9.17, 15) is 0 Å². The summed E-state index contributed by atoms with van der Waals surface area (Å²) in [4.78, 5) is 4.02. The van der Waals surface area contributed by atoms with E-state index in [1.807, 2.05) is 0 Å². The Labute approximate surface area is 74.9 Å². The molecule has 13 heavy (non-hydrogen) atoms. The molecule has 0 rings (SSSR count). The van der Waals surface area contributed by atoms with Crippen LogP contribution in [0.5, 0.6) is 0 Å². The number of hydrogen-bond donors (Lipinski definition) is 6. The first kappa shape index (κ1) is 12.7. The van der Waals surface area contributed by atoms with E-state index in [1.54, 1.807) is 0 Å². The summed E-state index contributed by atoms with van der Waals surface area (Å²) in [6.07, 6.45) is -6.19. The first-order valence-corrected chi connectivity index (χ1v) is 3.69. The standard InChI is InChI=1S/C6H15NO6/c7-13-2-4(10)6(12)5(11)3(9)1-8/h3-6,8-12H,1-2,7H2/t3-,4-,5-,6-/m1/s1. The predicted molar refractivity (Wildman–Crippen MR) is 41.3 cm³/mol. The van der Waals surface area contributed by atoms with Gasteiger partial charge in [0.2, 0.25) is 0 Å². The summed E-state index contributed by atoms with van der Waals surface area (Å²) in [7, 11) is 0. The first-order chi connectivity index (χ1) is 6.04. The van der Waals surface area contributed by atoms with Crippen molar-refractivity contribution in [3.05, 3.63) is 0 Å². The molecule has 0 amide bonds. The lowest BCUT2D eigenvalue weighted by Crippen LogP contribution is -2.47. The van der Waals surface area contributed by atoms with Crippen LogP contribution in [-0.4, -0.2) is 63.2 Å². The van der Waals surface area contributed by atoms with Crippen LogP contribution in [0.15, 0.2) is 0 Å². The van der Waals surface area contributed by atoms with Crippen molar-refractivity contribution in [1.82, 2.24) is 0 Å². The maximum absolute atomic E-state index is 9.11. The average molecular weight is 197 g/mol. The normalized spacial score (nSPS) is 20.8. The van der Waals surface area contributed by atoms with Gasteiger partial charge in [0, 0.05) is 0 Å². The van der Waals surface area contributed by atoms with Gasteiger partial charge in [0.1, 0.15) is 24.4 Å². The number of aliphatic hydroxyl groups is 5. The second-order valence-electron chi connectivity index (χ2n) is 2.63. The molecule has 0 aliphatic rings. The van der Waals surface area contributed by atoms with Crippen LogP contribution in [0.3, 0.4) is 0 Å². The molecule has 0 aromatic carbocycles. The Morgan fingerprint density at radius 1 is 1.00 bits per heavy atom. The fraction of sp³-hybridized carbons (Fsp3) is 1.00. The van der Waals surface area contributed by atoms with Gasteiger partial charge in [0.15, 0.2) is 0 Å². The minimum Gasteiger partial charge on any atom is -0.394 e. The summed E-state index contributed by atoms with van der Waals surface area (Å²) in [6, 6.07) is 0. The maximum Gasteiger partial charge on any atom is 0.111 e. The third-order valence-corrected chi connectivity index (χ3v) is 1.59. The van der Waals surface area contributed by atoms with E-state index in [0.29, 0.717) is 0 Å². The lowest BCUT2D eigenvalue weighted by molar-refractivity contribution is -0.129. The second-order valence-corrected chi connectivity index (χ2v) is 2.63. The molecule has 0 saturated heterocycles. The predicted octanol–water partition coefficient (Wildman–Crippen LogP) is -3.69. The fourth-order valence-corrected chi connectivity index (χ4v) is 0.760. The van der Waals surface area contributed by atoms with Crippen LogP contribution in [0.25, 0.3) is 0 Å². The highest BCUT2D eigenvalue weighted by molar-refractivity contribution is 4.80. The van der Waals surface area contributed by atoms with Gasteiger partial charge in [-0.2, -0.15) is 0 Å². The molecule has 0 heterocycles. The van der Waals surface area contributed by atoms with Gasteiger partial charge in [0.05, 0.1) is 13.2 Å². The molecule has 0 saturated carbocycles. The smallest absolute Gasteiger partial charge is 0.111 e. The van der Waals surface area contributed by atoms with E-state index < -0.39 is 31.0 Å². The summed E-state index contributed by atoms with van der Waals surface area (Å²) in [5, 5.41) is 44.5. The molecule has 7 N–H and O–H groups in total. The topological polar surface area (TPSA) is 136 Å². The minimum atomic E-state index is -1.64. The van der Waals surface area contributed by atoms with Gasteiger partial charge in [-0.05, 0) is 0 Å². The van der Waals surface area contributed by atoms with Crippen LogP contribution in [0.4, 0.5) is 0 Å². The van der Waals surface area contributed by atoms with Crippen LogP contribution in [-0.2, 0) is 4.84 Å². The highest BCUT2D eigenvalue weighted by atomic mass is 16.6. The Morgan fingerprint density at radius 2 is 1.46 bits per heavy atom. The average Bonchev–Trinajstić information content (AvgIpc) is 2.14. The van der Waals surface area contributed by atoms with Gasteiger partial charge in [0.25, 0.3) is 0 Å². The van der Waals surface area contributed by atoms with Crippen molar-refractivity contribution in [1.29, 1.82) is 0 Å². The summed E-state index contributed by atoms with van der Waals surface area (Å²) in [6.45, 7) is -1.09. The van der Waals surface area contributed by atoms with Gasteiger partial charge in [-0.25, -0.2) is 5.90 Å². The van der Waals surface area contributed by atoms with Crippen LogP contribution in [0.2, 0.25) is 0 Å². The largest absolute Gasteiger partial charge is 0.394 e. The van der Waals surface area contributed by atoms with Gasteiger partial charge in [-0.15, -0.1) is 0 Å². The number of nitrogens with two attached hydrogens (primary N) is 1.